The molecule has 104 valence electrons. The van der Waals surface area contributed by atoms with Gasteiger partial charge in [-0.25, -0.2) is 13.1 Å². The molecule has 7 heteroatoms. The highest BCUT2D eigenvalue weighted by Crippen LogP contribution is 2.21. The molecule has 0 saturated carbocycles. The lowest BCUT2D eigenvalue weighted by atomic mass is 10.2. The molecule has 0 saturated heterocycles. The Labute approximate surface area is 113 Å². The van der Waals surface area contributed by atoms with Gasteiger partial charge in [-0.2, -0.15) is 0 Å². The molecular weight excluding hydrogens is 270 g/mol. The van der Waals surface area contributed by atoms with Gasteiger partial charge in [0, 0.05) is 17.5 Å². The van der Waals surface area contributed by atoms with E-state index in [1.807, 2.05) is 25.9 Å². The normalized spacial score (nSPS) is 14.1. The van der Waals surface area contributed by atoms with E-state index in [4.69, 9.17) is 5.73 Å². The minimum Gasteiger partial charge on any atom is -0.326 e. The predicted molar refractivity (Wildman–Crippen MR) is 75.2 cm³/mol. The van der Waals surface area contributed by atoms with E-state index in [1.165, 1.54) is 11.3 Å². The molecule has 1 aromatic heterocycles. The Balaban J connectivity index is 2.64. The summed E-state index contributed by atoms with van der Waals surface area (Å²) in [6.07, 6.45) is 0.779. The van der Waals surface area contributed by atoms with E-state index in [0.29, 0.717) is 10.8 Å². The van der Waals surface area contributed by atoms with Gasteiger partial charge in [0.15, 0.2) is 0 Å². The molecule has 0 aromatic carbocycles. The minimum atomic E-state index is -3.40. The van der Waals surface area contributed by atoms with E-state index in [-0.39, 0.29) is 6.04 Å². The van der Waals surface area contributed by atoms with Gasteiger partial charge in [-0.15, -0.1) is 11.3 Å². The minimum absolute atomic E-state index is 0.0826. The van der Waals surface area contributed by atoms with Crippen LogP contribution < -0.4 is 10.5 Å². The highest BCUT2D eigenvalue weighted by Gasteiger charge is 2.19. The summed E-state index contributed by atoms with van der Waals surface area (Å²) >= 11 is 1.22. The van der Waals surface area contributed by atoms with E-state index < -0.39 is 10.0 Å². The van der Waals surface area contributed by atoms with Crippen molar-refractivity contribution in [2.45, 2.75) is 30.1 Å². The summed E-state index contributed by atoms with van der Waals surface area (Å²) in [6, 6.07) is 3.28. The van der Waals surface area contributed by atoms with E-state index in [0.717, 1.165) is 17.8 Å². The Morgan fingerprint density at radius 3 is 2.61 bits per heavy atom. The molecule has 1 atom stereocenters. The molecule has 0 aliphatic heterocycles. The zero-order valence-electron chi connectivity index (χ0n) is 11.0. The van der Waals surface area contributed by atoms with Gasteiger partial charge in [0.2, 0.25) is 10.0 Å². The van der Waals surface area contributed by atoms with Crippen LogP contribution in [-0.2, 0) is 16.6 Å². The van der Waals surface area contributed by atoms with Gasteiger partial charge < -0.3 is 10.6 Å². The maximum Gasteiger partial charge on any atom is 0.250 e. The average molecular weight is 291 g/mol. The molecule has 18 heavy (non-hydrogen) atoms. The second kappa shape index (κ2) is 6.63. The predicted octanol–water partition coefficient (Wildman–Crippen LogP) is 0.825. The van der Waals surface area contributed by atoms with Crippen LogP contribution in [0.5, 0.6) is 0 Å². The zero-order chi connectivity index (χ0) is 13.8. The monoisotopic (exact) mass is 291 g/mol. The molecular formula is C11H21N3O2S2. The van der Waals surface area contributed by atoms with Gasteiger partial charge in [-0.3, -0.25) is 0 Å². The van der Waals surface area contributed by atoms with Gasteiger partial charge in [0.1, 0.15) is 4.21 Å². The Morgan fingerprint density at radius 2 is 2.11 bits per heavy atom. The third-order valence-electron chi connectivity index (χ3n) is 2.47. The van der Waals surface area contributed by atoms with Crippen molar-refractivity contribution in [3.05, 3.63) is 17.0 Å². The van der Waals surface area contributed by atoms with Crippen LogP contribution in [0.1, 0.15) is 18.2 Å². The summed E-state index contributed by atoms with van der Waals surface area (Å²) in [5.74, 6) is 0. The molecule has 0 amide bonds. The number of hydrogen-bond donors (Lipinski definition) is 2. The fourth-order valence-electron chi connectivity index (χ4n) is 1.45. The van der Waals surface area contributed by atoms with Crippen LogP contribution in [0.3, 0.4) is 0 Å². The Hall–Kier alpha value is -0.470. The molecule has 1 rings (SSSR count). The number of sulfonamides is 1. The first kappa shape index (κ1) is 15.6. The van der Waals surface area contributed by atoms with E-state index in [2.05, 4.69) is 4.72 Å². The van der Waals surface area contributed by atoms with Crippen LogP contribution in [0.2, 0.25) is 0 Å². The molecule has 0 aliphatic rings. The van der Waals surface area contributed by atoms with Crippen LogP contribution in [-0.4, -0.2) is 40.0 Å². The second-order valence-corrected chi connectivity index (χ2v) is 7.65. The second-order valence-electron chi connectivity index (χ2n) is 4.54. The number of thiophene rings is 1. The topological polar surface area (TPSA) is 75.4 Å². The van der Waals surface area contributed by atoms with Crippen molar-refractivity contribution in [1.29, 1.82) is 0 Å². The molecule has 0 fully saturated rings. The Kier molecular flexibility index (Phi) is 5.74. The third kappa shape index (κ3) is 4.66. The summed E-state index contributed by atoms with van der Waals surface area (Å²) in [4.78, 5) is 2.90. The largest absolute Gasteiger partial charge is 0.326 e. The molecule has 0 aliphatic carbocycles. The van der Waals surface area contributed by atoms with Crippen molar-refractivity contribution < 1.29 is 8.42 Å². The maximum absolute atomic E-state index is 12.1. The highest BCUT2D eigenvalue weighted by molar-refractivity contribution is 7.91. The zero-order valence-corrected chi connectivity index (χ0v) is 12.6. The SMILES string of the molecule is CC(CCN(C)C)NS(=O)(=O)c1ccc(CN)s1. The number of nitrogens with zero attached hydrogens (tertiary/aromatic N) is 1. The lowest BCUT2D eigenvalue weighted by Gasteiger charge is -2.16. The van der Waals surface area contributed by atoms with E-state index in [1.54, 1.807) is 12.1 Å². The smallest absolute Gasteiger partial charge is 0.250 e. The fourth-order valence-corrected chi connectivity index (χ4v) is 3.98. The molecule has 0 spiro atoms. The molecule has 1 heterocycles. The summed E-state index contributed by atoms with van der Waals surface area (Å²) < 4.78 is 27.1. The van der Waals surface area contributed by atoms with Gasteiger partial charge in [-0.05, 0) is 46.1 Å². The standard InChI is InChI=1S/C11H21N3O2S2/c1-9(6-7-14(2)3)13-18(15,16)11-5-4-10(8-12)17-11/h4-5,9,13H,6-8,12H2,1-3H3. The van der Waals surface area contributed by atoms with Gasteiger partial charge in [0.25, 0.3) is 0 Å². The molecule has 1 unspecified atom stereocenters. The highest BCUT2D eigenvalue weighted by atomic mass is 32.2. The van der Waals surface area contributed by atoms with Crippen molar-refractivity contribution in [2.24, 2.45) is 5.73 Å². The Morgan fingerprint density at radius 1 is 1.44 bits per heavy atom. The molecule has 0 bridgehead atoms. The lowest BCUT2D eigenvalue weighted by molar-refractivity contribution is 0.379. The quantitative estimate of drug-likeness (QED) is 0.780. The van der Waals surface area contributed by atoms with Crippen LogP contribution >= 0.6 is 11.3 Å². The van der Waals surface area contributed by atoms with Crippen LogP contribution in [0.25, 0.3) is 0 Å². The summed E-state index contributed by atoms with van der Waals surface area (Å²) in [7, 11) is 0.530. The molecule has 3 N–H and O–H groups in total. The van der Waals surface area contributed by atoms with Crippen molar-refractivity contribution in [3.63, 3.8) is 0 Å². The summed E-state index contributed by atoms with van der Waals surface area (Å²) in [5, 5.41) is 0. The fraction of sp³-hybridized carbons (Fsp3) is 0.636. The number of nitrogens with two attached hydrogens (primary N) is 1. The van der Waals surface area contributed by atoms with E-state index in [9.17, 15) is 8.42 Å². The first-order chi connectivity index (χ1) is 8.35. The number of rotatable bonds is 7. The number of nitrogens with one attached hydrogen (secondary N) is 1. The first-order valence-corrected chi connectivity index (χ1v) is 8.11. The average Bonchev–Trinajstić information content (AvgIpc) is 2.75. The lowest BCUT2D eigenvalue weighted by Crippen LogP contribution is -2.34. The maximum atomic E-state index is 12.1. The van der Waals surface area contributed by atoms with Crippen molar-refractivity contribution in [3.8, 4) is 0 Å². The van der Waals surface area contributed by atoms with Crippen molar-refractivity contribution in [1.82, 2.24) is 9.62 Å². The number of hydrogen-bond acceptors (Lipinski definition) is 5. The van der Waals surface area contributed by atoms with Crippen LogP contribution in [0.15, 0.2) is 16.3 Å². The summed E-state index contributed by atoms with van der Waals surface area (Å²) in [5.41, 5.74) is 5.48. The molecule has 5 nitrogen and oxygen atoms in total. The van der Waals surface area contributed by atoms with Crippen molar-refractivity contribution in [2.75, 3.05) is 20.6 Å². The van der Waals surface area contributed by atoms with Gasteiger partial charge in [0.05, 0.1) is 0 Å². The van der Waals surface area contributed by atoms with Crippen molar-refractivity contribution >= 4 is 21.4 Å². The van der Waals surface area contributed by atoms with E-state index >= 15 is 0 Å². The van der Waals surface area contributed by atoms with Gasteiger partial charge in [-0.1, -0.05) is 0 Å². The van der Waals surface area contributed by atoms with Gasteiger partial charge >= 0.3 is 0 Å². The first-order valence-electron chi connectivity index (χ1n) is 5.81. The van der Waals surface area contributed by atoms with Crippen LogP contribution in [0.4, 0.5) is 0 Å². The third-order valence-corrected chi connectivity index (χ3v) is 5.66. The molecule has 1 aromatic rings. The summed E-state index contributed by atoms with van der Waals surface area (Å²) in [6.45, 7) is 3.09. The molecule has 0 radical (unpaired) electrons. The Bertz CT molecular complexity index is 468. The van der Waals surface area contributed by atoms with Crippen LogP contribution in [0, 0.1) is 0 Å².